The van der Waals surface area contributed by atoms with Gasteiger partial charge in [-0.05, 0) is 12.8 Å². The number of carbonyl (C=O) groups excluding carboxylic acids is 1. The van der Waals surface area contributed by atoms with E-state index in [1.807, 2.05) is 4.90 Å². The molecule has 2 fully saturated rings. The Labute approximate surface area is 131 Å². The highest BCUT2D eigenvalue weighted by molar-refractivity contribution is 5.77. The van der Waals surface area contributed by atoms with Gasteiger partial charge in [0, 0.05) is 52.2 Å². The predicted molar refractivity (Wildman–Crippen MR) is 79.7 cm³/mol. The number of hydrogen-bond acceptors (Lipinski definition) is 5. The Morgan fingerprint density at radius 2 is 1.86 bits per heavy atom. The lowest BCUT2D eigenvalue weighted by Crippen LogP contribution is -2.45. The third-order valence-corrected chi connectivity index (χ3v) is 4.05. The smallest absolute Gasteiger partial charge is 0.303 e. The van der Waals surface area contributed by atoms with Crippen molar-refractivity contribution in [1.82, 2.24) is 9.80 Å². The van der Waals surface area contributed by atoms with Crippen LogP contribution in [0.5, 0.6) is 0 Å². The third kappa shape index (κ3) is 5.90. The summed E-state index contributed by atoms with van der Waals surface area (Å²) in [5.41, 5.74) is 0. The molecule has 0 aliphatic carbocycles. The molecule has 126 valence electrons. The first kappa shape index (κ1) is 17.2. The summed E-state index contributed by atoms with van der Waals surface area (Å²) in [6.07, 6.45) is 1.62. The number of carboxylic acid groups (broad SMARTS) is 1. The lowest BCUT2D eigenvalue weighted by Gasteiger charge is -2.31. The van der Waals surface area contributed by atoms with Gasteiger partial charge in [0.1, 0.15) is 0 Å². The van der Waals surface area contributed by atoms with E-state index in [1.165, 1.54) is 0 Å². The molecule has 1 atom stereocenters. The highest BCUT2D eigenvalue weighted by atomic mass is 16.5. The van der Waals surface area contributed by atoms with Crippen LogP contribution in [0.2, 0.25) is 0 Å². The largest absolute Gasteiger partial charge is 0.481 e. The van der Waals surface area contributed by atoms with Gasteiger partial charge in [0.2, 0.25) is 5.91 Å². The summed E-state index contributed by atoms with van der Waals surface area (Å²) < 4.78 is 11.2. The molecule has 0 radical (unpaired) electrons. The lowest BCUT2D eigenvalue weighted by atomic mass is 10.2. The number of amides is 1. The highest BCUT2D eigenvalue weighted by Crippen LogP contribution is 2.11. The predicted octanol–water partition coefficient (Wildman–Crippen LogP) is 0.191. The van der Waals surface area contributed by atoms with Crippen molar-refractivity contribution in [2.24, 2.45) is 0 Å². The quantitative estimate of drug-likeness (QED) is 0.754. The van der Waals surface area contributed by atoms with Crippen molar-refractivity contribution in [3.05, 3.63) is 0 Å². The van der Waals surface area contributed by atoms with Gasteiger partial charge in [0.15, 0.2) is 0 Å². The van der Waals surface area contributed by atoms with Crippen molar-refractivity contribution in [1.29, 1.82) is 0 Å². The SMILES string of the molecule is O=C(O)CCCC(=O)N1CCCOC(CN2CCOCC2)C1. The van der Waals surface area contributed by atoms with Crippen LogP contribution in [0.4, 0.5) is 0 Å². The van der Waals surface area contributed by atoms with Crippen LogP contribution in [0.15, 0.2) is 0 Å². The molecular weight excluding hydrogens is 288 g/mol. The van der Waals surface area contributed by atoms with Gasteiger partial charge < -0.3 is 19.5 Å². The second-order valence-electron chi connectivity index (χ2n) is 5.85. The number of morpholine rings is 1. The monoisotopic (exact) mass is 314 g/mol. The first-order valence-corrected chi connectivity index (χ1v) is 8.06. The highest BCUT2D eigenvalue weighted by Gasteiger charge is 2.24. The molecule has 0 aromatic rings. The zero-order valence-corrected chi connectivity index (χ0v) is 13.0. The number of nitrogens with zero attached hydrogens (tertiary/aromatic N) is 2. The van der Waals surface area contributed by atoms with Crippen molar-refractivity contribution in [2.45, 2.75) is 31.8 Å². The molecule has 2 aliphatic rings. The minimum Gasteiger partial charge on any atom is -0.481 e. The van der Waals surface area contributed by atoms with E-state index in [0.717, 1.165) is 39.3 Å². The van der Waals surface area contributed by atoms with Crippen LogP contribution in [-0.4, -0.2) is 85.4 Å². The summed E-state index contributed by atoms with van der Waals surface area (Å²) in [6, 6.07) is 0. The standard InChI is InChI=1S/C15H26N2O5/c18-14(3-1-4-15(19)20)17-5-2-8-22-13(12-17)11-16-6-9-21-10-7-16/h13H,1-12H2,(H,19,20). The van der Waals surface area contributed by atoms with Crippen LogP contribution in [-0.2, 0) is 19.1 Å². The summed E-state index contributed by atoms with van der Waals surface area (Å²) in [7, 11) is 0. The van der Waals surface area contributed by atoms with Crippen LogP contribution >= 0.6 is 0 Å². The molecule has 2 saturated heterocycles. The second-order valence-corrected chi connectivity index (χ2v) is 5.85. The molecule has 22 heavy (non-hydrogen) atoms. The fourth-order valence-electron chi connectivity index (χ4n) is 2.85. The Kier molecular flexibility index (Phi) is 7.08. The number of carboxylic acids is 1. The number of rotatable bonds is 6. The zero-order chi connectivity index (χ0) is 15.8. The van der Waals surface area contributed by atoms with E-state index in [-0.39, 0.29) is 18.4 Å². The molecule has 1 amide bonds. The Morgan fingerprint density at radius 1 is 1.09 bits per heavy atom. The van der Waals surface area contributed by atoms with Gasteiger partial charge in [-0.15, -0.1) is 0 Å². The second kappa shape index (κ2) is 9.07. The van der Waals surface area contributed by atoms with Gasteiger partial charge in [-0.25, -0.2) is 0 Å². The van der Waals surface area contributed by atoms with Gasteiger partial charge in [-0.3, -0.25) is 14.5 Å². The van der Waals surface area contributed by atoms with E-state index in [0.29, 0.717) is 32.5 Å². The summed E-state index contributed by atoms with van der Waals surface area (Å²) in [5.74, 6) is -0.809. The van der Waals surface area contributed by atoms with Crippen molar-refractivity contribution < 1.29 is 24.2 Å². The van der Waals surface area contributed by atoms with Crippen molar-refractivity contribution in [3.8, 4) is 0 Å². The average molecular weight is 314 g/mol. The van der Waals surface area contributed by atoms with Crippen molar-refractivity contribution in [2.75, 3.05) is 52.5 Å². The van der Waals surface area contributed by atoms with Crippen LogP contribution in [0.1, 0.15) is 25.7 Å². The molecule has 1 unspecified atom stereocenters. The van der Waals surface area contributed by atoms with E-state index in [9.17, 15) is 9.59 Å². The van der Waals surface area contributed by atoms with E-state index in [1.54, 1.807) is 0 Å². The van der Waals surface area contributed by atoms with Gasteiger partial charge in [0.05, 0.1) is 19.3 Å². The van der Waals surface area contributed by atoms with Crippen LogP contribution in [0, 0.1) is 0 Å². The van der Waals surface area contributed by atoms with Crippen LogP contribution in [0.25, 0.3) is 0 Å². The average Bonchev–Trinajstić information content (AvgIpc) is 2.73. The van der Waals surface area contributed by atoms with Crippen LogP contribution in [0.3, 0.4) is 0 Å². The maximum atomic E-state index is 12.2. The maximum Gasteiger partial charge on any atom is 0.303 e. The Morgan fingerprint density at radius 3 is 2.59 bits per heavy atom. The first-order chi connectivity index (χ1) is 10.6. The zero-order valence-electron chi connectivity index (χ0n) is 13.0. The van der Waals surface area contributed by atoms with E-state index < -0.39 is 5.97 Å². The van der Waals surface area contributed by atoms with Crippen LogP contribution < -0.4 is 0 Å². The topological polar surface area (TPSA) is 79.3 Å². The lowest BCUT2D eigenvalue weighted by molar-refractivity contribution is -0.137. The molecule has 0 aromatic heterocycles. The molecule has 2 rings (SSSR count). The van der Waals surface area contributed by atoms with Gasteiger partial charge in [-0.1, -0.05) is 0 Å². The molecule has 7 heteroatoms. The molecule has 1 N–H and O–H groups in total. The summed E-state index contributed by atoms with van der Waals surface area (Å²) in [4.78, 5) is 26.9. The molecule has 2 heterocycles. The summed E-state index contributed by atoms with van der Waals surface area (Å²) >= 11 is 0. The first-order valence-electron chi connectivity index (χ1n) is 8.06. The number of ether oxygens (including phenoxy) is 2. The summed E-state index contributed by atoms with van der Waals surface area (Å²) in [6.45, 7) is 6.12. The third-order valence-electron chi connectivity index (χ3n) is 4.05. The van der Waals surface area contributed by atoms with Gasteiger partial charge in [-0.2, -0.15) is 0 Å². The van der Waals surface area contributed by atoms with E-state index >= 15 is 0 Å². The number of aliphatic carboxylic acids is 1. The molecule has 7 nitrogen and oxygen atoms in total. The molecule has 0 saturated carbocycles. The maximum absolute atomic E-state index is 12.2. The summed E-state index contributed by atoms with van der Waals surface area (Å²) in [5, 5.41) is 8.65. The normalized spacial score (nSPS) is 24.0. The van der Waals surface area contributed by atoms with Gasteiger partial charge >= 0.3 is 5.97 Å². The molecule has 0 aromatic carbocycles. The van der Waals surface area contributed by atoms with E-state index in [4.69, 9.17) is 14.6 Å². The Bertz CT molecular complexity index is 371. The van der Waals surface area contributed by atoms with Crippen molar-refractivity contribution >= 4 is 11.9 Å². The fourth-order valence-corrected chi connectivity index (χ4v) is 2.85. The Balaban J connectivity index is 1.78. The Hall–Kier alpha value is -1.18. The number of hydrogen-bond donors (Lipinski definition) is 1. The van der Waals surface area contributed by atoms with Gasteiger partial charge in [0.25, 0.3) is 0 Å². The molecule has 2 aliphatic heterocycles. The number of carbonyl (C=O) groups is 2. The molecular formula is C15H26N2O5. The van der Waals surface area contributed by atoms with Crippen molar-refractivity contribution in [3.63, 3.8) is 0 Å². The minimum atomic E-state index is -0.850. The molecule has 0 bridgehead atoms. The molecule has 0 spiro atoms. The van der Waals surface area contributed by atoms with E-state index in [2.05, 4.69) is 4.90 Å². The minimum absolute atomic E-state index is 0.0315. The fraction of sp³-hybridized carbons (Fsp3) is 0.867.